The molecule has 1 aromatic carbocycles. The molecule has 0 N–H and O–H groups in total. The van der Waals surface area contributed by atoms with Crippen LogP contribution in [0.15, 0.2) is 47.3 Å². The van der Waals surface area contributed by atoms with Crippen molar-refractivity contribution in [2.45, 2.75) is 38.6 Å². The molecule has 148 valence electrons. The quantitative estimate of drug-likeness (QED) is 0.799. The minimum atomic E-state index is -0.223. The average molecular weight is 381 g/mol. The van der Waals surface area contributed by atoms with Gasteiger partial charge in [0.15, 0.2) is 0 Å². The van der Waals surface area contributed by atoms with Crippen LogP contribution in [0.5, 0.6) is 5.75 Å². The number of benzene rings is 1. The van der Waals surface area contributed by atoms with Gasteiger partial charge in [-0.3, -0.25) is 9.59 Å². The van der Waals surface area contributed by atoms with Crippen LogP contribution in [-0.4, -0.2) is 40.3 Å². The summed E-state index contributed by atoms with van der Waals surface area (Å²) in [6, 6.07) is 12.4. The number of likely N-dealkylation sites (tertiary alicyclic amines) is 1. The maximum absolute atomic E-state index is 12.9. The van der Waals surface area contributed by atoms with E-state index in [0.29, 0.717) is 24.8 Å². The van der Waals surface area contributed by atoms with Gasteiger partial charge in [-0.1, -0.05) is 37.5 Å². The number of nitrogens with zero attached hydrogens (tertiary/aromatic N) is 3. The zero-order valence-electron chi connectivity index (χ0n) is 16.1. The standard InChI is InChI=1S/C22H27N3O3/c26-21-11-10-20(23-25(21)14-15-28-19-8-2-1-3-9-19)22(27)24-13-12-17-6-4-5-7-18(17)16-24/h1-3,8-11,17-18H,4-7,12-16H2. The summed E-state index contributed by atoms with van der Waals surface area (Å²) in [5.41, 5.74) is 0.118. The van der Waals surface area contributed by atoms with E-state index in [2.05, 4.69) is 5.10 Å². The van der Waals surface area contributed by atoms with Gasteiger partial charge >= 0.3 is 0 Å². The molecule has 2 aliphatic rings. The van der Waals surface area contributed by atoms with Gasteiger partial charge in [0.1, 0.15) is 18.1 Å². The van der Waals surface area contributed by atoms with Gasteiger partial charge in [-0.05, 0) is 42.9 Å². The molecule has 0 bridgehead atoms. The van der Waals surface area contributed by atoms with E-state index in [-0.39, 0.29) is 11.5 Å². The molecule has 2 heterocycles. The highest BCUT2D eigenvalue weighted by Crippen LogP contribution is 2.36. The summed E-state index contributed by atoms with van der Waals surface area (Å²) in [5.74, 6) is 2.08. The summed E-state index contributed by atoms with van der Waals surface area (Å²) < 4.78 is 6.97. The van der Waals surface area contributed by atoms with Crippen LogP contribution in [0.3, 0.4) is 0 Å². The van der Waals surface area contributed by atoms with Crippen molar-refractivity contribution in [3.05, 3.63) is 58.5 Å². The number of ether oxygens (including phenoxy) is 1. The lowest BCUT2D eigenvalue weighted by molar-refractivity contribution is 0.0512. The van der Waals surface area contributed by atoms with Gasteiger partial charge in [0.2, 0.25) is 0 Å². The molecule has 1 aliphatic heterocycles. The van der Waals surface area contributed by atoms with Crippen LogP contribution in [0.1, 0.15) is 42.6 Å². The van der Waals surface area contributed by atoms with Crippen LogP contribution >= 0.6 is 0 Å². The van der Waals surface area contributed by atoms with E-state index >= 15 is 0 Å². The summed E-state index contributed by atoms with van der Waals surface area (Å²) in [6.45, 7) is 2.24. The number of carbonyl (C=O) groups is 1. The van der Waals surface area contributed by atoms with Crippen molar-refractivity contribution in [1.82, 2.24) is 14.7 Å². The van der Waals surface area contributed by atoms with E-state index in [4.69, 9.17) is 4.74 Å². The fraction of sp³-hybridized carbons (Fsp3) is 0.500. The summed E-state index contributed by atoms with van der Waals surface area (Å²) in [7, 11) is 0. The minimum Gasteiger partial charge on any atom is -0.492 e. The van der Waals surface area contributed by atoms with Gasteiger partial charge in [0.25, 0.3) is 11.5 Å². The van der Waals surface area contributed by atoms with E-state index < -0.39 is 0 Å². The Morgan fingerprint density at radius 1 is 1.04 bits per heavy atom. The second-order valence-electron chi connectivity index (χ2n) is 7.79. The van der Waals surface area contributed by atoms with E-state index in [0.717, 1.165) is 31.2 Å². The molecule has 1 saturated carbocycles. The van der Waals surface area contributed by atoms with Gasteiger partial charge in [0.05, 0.1) is 6.54 Å². The predicted octanol–water partition coefficient (Wildman–Crippen LogP) is 2.97. The number of para-hydroxylation sites is 1. The number of fused-ring (bicyclic) bond motifs is 1. The van der Waals surface area contributed by atoms with Gasteiger partial charge in [-0.15, -0.1) is 0 Å². The molecule has 0 spiro atoms. The van der Waals surface area contributed by atoms with Gasteiger partial charge < -0.3 is 9.64 Å². The van der Waals surface area contributed by atoms with Gasteiger partial charge in [-0.2, -0.15) is 5.10 Å². The average Bonchev–Trinajstić information content (AvgIpc) is 2.75. The number of hydrogen-bond acceptors (Lipinski definition) is 4. The molecule has 2 unspecified atom stereocenters. The number of carbonyl (C=O) groups excluding carboxylic acids is 1. The van der Waals surface area contributed by atoms with Crippen molar-refractivity contribution in [1.29, 1.82) is 0 Å². The second kappa shape index (κ2) is 8.59. The number of piperidine rings is 1. The van der Waals surface area contributed by atoms with E-state index in [1.807, 2.05) is 35.2 Å². The first-order valence-electron chi connectivity index (χ1n) is 10.3. The van der Waals surface area contributed by atoms with Crippen LogP contribution in [-0.2, 0) is 6.54 Å². The van der Waals surface area contributed by atoms with E-state index in [9.17, 15) is 9.59 Å². The number of hydrogen-bond donors (Lipinski definition) is 0. The van der Waals surface area contributed by atoms with Crippen LogP contribution in [0.25, 0.3) is 0 Å². The first kappa shape index (κ1) is 18.7. The predicted molar refractivity (Wildman–Crippen MR) is 106 cm³/mol. The van der Waals surface area contributed by atoms with Crippen molar-refractivity contribution in [2.24, 2.45) is 11.8 Å². The second-order valence-corrected chi connectivity index (χ2v) is 7.79. The SMILES string of the molecule is O=C(c1ccc(=O)n(CCOc2ccccc2)n1)N1CCC2CCCCC2C1. The van der Waals surface area contributed by atoms with Gasteiger partial charge in [0, 0.05) is 19.2 Å². The summed E-state index contributed by atoms with van der Waals surface area (Å²) in [6.07, 6.45) is 6.21. The molecular weight excluding hydrogens is 354 g/mol. The van der Waals surface area contributed by atoms with Crippen molar-refractivity contribution < 1.29 is 9.53 Å². The highest BCUT2D eigenvalue weighted by molar-refractivity contribution is 5.92. The topological polar surface area (TPSA) is 64.4 Å². The number of aromatic nitrogens is 2. The molecule has 6 nitrogen and oxygen atoms in total. The smallest absolute Gasteiger partial charge is 0.274 e. The van der Waals surface area contributed by atoms with Crippen molar-refractivity contribution in [3.63, 3.8) is 0 Å². The summed E-state index contributed by atoms with van der Waals surface area (Å²) in [5, 5.41) is 4.32. The maximum atomic E-state index is 12.9. The monoisotopic (exact) mass is 381 g/mol. The summed E-state index contributed by atoms with van der Waals surface area (Å²) in [4.78, 5) is 27.0. The Morgan fingerprint density at radius 3 is 2.64 bits per heavy atom. The fourth-order valence-corrected chi connectivity index (χ4v) is 4.44. The lowest BCUT2D eigenvalue weighted by atomic mass is 9.75. The first-order chi connectivity index (χ1) is 13.7. The molecule has 1 aliphatic carbocycles. The molecule has 6 heteroatoms. The molecule has 1 saturated heterocycles. The maximum Gasteiger partial charge on any atom is 0.274 e. The van der Waals surface area contributed by atoms with Gasteiger partial charge in [-0.25, -0.2) is 4.68 Å². The molecule has 4 rings (SSSR count). The highest BCUT2D eigenvalue weighted by atomic mass is 16.5. The Balaban J connectivity index is 1.40. The van der Waals surface area contributed by atoms with E-state index in [1.54, 1.807) is 6.07 Å². The lowest BCUT2D eigenvalue weighted by Gasteiger charge is -2.41. The Labute approximate surface area is 165 Å². The van der Waals surface area contributed by atoms with Crippen LogP contribution in [0.2, 0.25) is 0 Å². The molecule has 1 amide bonds. The van der Waals surface area contributed by atoms with E-state index in [1.165, 1.54) is 36.4 Å². The number of amides is 1. The third kappa shape index (κ3) is 4.26. The molecule has 2 aromatic rings. The fourth-order valence-electron chi connectivity index (χ4n) is 4.44. The Hall–Kier alpha value is -2.63. The van der Waals surface area contributed by atoms with Crippen molar-refractivity contribution in [3.8, 4) is 5.75 Å². The molecule has 2 fully saturated rings. The minimum absolute atomic E-state index is 0.0678. The summed E-state index contributed by atoms with van der Waals surface area (Å²) >= 11 is 0. The Morgan fingerprint density at radius 2 is 1.82 bits per heavy atom. The largest absolute Gasteiger partial charge is 0.492 e. The lowest BCUT2D eigenvalue weighted by Crippen LogP contribution is -2.45. The third-order valence-electron chi connectivity index (χ3n) is 5.98. The number of rotatable bonds is 5. The molecular formula is C22H27N3O3. The Kier molecular flexibility index (Phi) is 5.74. The third-order valence-corrected chi connectivity index (χ3v) is 5.98. The zero-order chi connectivity index (χ0) is 19.3. The van der Waals surface area contributed by atoms with Crippen LogP contribution in [0, 0.1) is 11.8 Å². The molecule has 0 radical (unpaired) electrons. The molecule has 1 aromatic heterocycles. The molecule has 2 atom stereocenters. The zero-order valence-corrected chi connectivity index (χ0v) is 16.1. The van der Waals surface area contributed by atoms with Crippen molar-refractivity contribution in [2.75, 3.05) is 19.7 Å². The van der Waals surface area contributed by atoms with Crippen LogP contribution in [0.4, 0.5) is 0 Å². The normalized spacial score (nSPS) is 21.8. The molecule has 28 heavy (non-hydrogen) atoms. The van der Waals surface area contributed by atoms with Crippen LogP contribution < -0.4 is 10.3 Å². The highest BCUT2D eigenvalue weighted by Gasteiger charge is 2.33. The Bertz CT molecular complexity index is 865. The van der Waals surface area contributed by atoms with Crippen molar-refractivity contribution >= 4 is 5.91 Å². The first-order valence-corrected chi connectivity index (χ1v) is 10.3.